The van der Waals surface area contributed by atoms with Crippen LogP contribution in [0.2, 0.25) is 0 Å². The first kappa shape index (κ1) is 23.2. The van der Waals surface area contributed by atoms with Crippen molar-refractivity contribution in [2.45, 2.75) is 32.1 Å². The summed E-state index contributed by atoms with van der Waals surface area (Å²) in [6, 6.07) is 14.8. The van der Waals surface area contributed by atoms with Gasteiger partial charge in [0, 0.05) is 17.3 Å². The van der Waals surface area contributed by atoms with Gasteiger partial charge in [0.25, 0.3) is 15.6 Å². The van der Waals surface area contributed by atoms with Gasteiger partial charge in [-0.25, -0.2) is 8.42 Å². The molecule has 0 bridgehead atoms. The van der Waals surface area contributed by atoms with E-state index in [0.717, 1.165) is 12.0 Å². The van der Waals surface area contributed by atoms with Gasteiger partial charge in [-0.05, 0) is 62.2 Å². The van der Waals surface area contributed by atoms with Gasteiger partial charge in [-0.3, -0.25) is 9.52 Å². The minimum Gasteiger partial charge on any atom is -0.495 e. The predicted molar refractivity (Wildman–Crippen MR) is 128 cm³/mol. The van der Waals surface area contributed by atoms with Crippen molar-refractivity contribution < 1.29 is 17.7 Å². The van der Waals surface area contributed by atoms with E-state index in [4.69, 9.17) is 9.26 Å². The molecule has 0 aliphatic carbocycles. The van der Waals surface area contributed by atoms with E-state index in [0.29, 0.717) is 34.1 Å². The number of nitrogens with one attached hydrogen (secondary N) is 1. The molecule has 0 aliphatic rings. The quantitative estimate of drug-likeness (QED) is 0.427. The average molecular weight is 481 g/mol. The molecular formula is C24H24N4O5S. The van der Waals surface area contributed by atoms with Crippen molar-refractivity contribution in [3.63, 3.8) is 0 Å². The molecule has 0 aliphatic heterocycles. The fraction of sp³-hybridized carbons (Fsp3) is 0.208. The molecule has 176 valence electrons. The Kier molecular flexibility index (Phi) is 6.25. The van der Waals surface area contributed by atoms with Gasteiger partial charge in [0.2, 0.25) is 0 Å². The fourth-order valence-corrected chi connectivity index (χ4v) is 4.86. The van der Waals surface area contributed by atoms with Gasteiger partial charge in [0.05, 0.1) is 12.8 Å². The van der Waals surface area contributed by atoms with Crippen LogP contribution in [0.4, 0.5) is 5.69 Å². The second-order valence-corrected chi connectivity index (χ2v) is 9.32. The summed E-state index contributed by atoms with van der Waals surface area (Å²) in [7, 11) is -2.58. The monoisotopic (exact) mass is 480 g/mol. The third-order valence-corrected chi connectivity index (χ3v) is 6.75. The minimum atomic E-state index is -3.98. The lowest BCUT2D eigenvalue weighted by molar-refractivity contribution is 0.392. The number of benzene rings is 2. The molecule has 0 saturated heterocycles. The normalized spacial score (nSPS) is 11.4. The Morgan fingerprint density at radius 1 is 1.09 bits per heavy atom. The summed E-state index contributed by atoms with van der Waals surface area (Å²) >= 11 is 0. The van der Waals surface area contributed by atoms with Gasteiger partial charge < -0.3 is 9.26 Å². The summed E-state index contributed by atoms with van der Waals surface area (Å²) in [5.74, 6) is 0.627. The third kappa shape index (κ3) is 4.44. The SMILES string of the molecule is CCc1cccc(NS(=O)(=O)c2cc(-c3ccc(=O)n(-c4c(C)noc4C)n3)ccc2OC)c1. The van der Waals surface area contributed by atoms with Crippen molar-refractivity contribution in [3.05, 3.63) is 82.0 Å². The molecular weight excluding hydrogens is 456 g/mol. The lowest BCUT2D eigenvalue weighted by Gasteiger charge is -2.14. The predicted octanol–water partition coefficient (Wildman–Crippen LogP) is 3.88. The average Bonchev–Trinajstić information content (AvgIpc) is 3.16. The summed E-state index contributed by atoms with van der Waals surface area (Å²) in [6.07, 6.45) is 0.779. The van der Waals surface area contributed by atoms with Crippen molar-refractivity contribution in [1.82, 2.24) is 14.9 Å². The van der Waals surface area contributed by atoms with E-state index in [9.17, 15) is 13.2 Å². The molecule has 4 aromatic rings. The van der Waals surface area contributed by atoms with Crippen molar-refractivity contribution in [2.75, 3.05) is 11.8 Å². The topological polar surface area (TPSA) is 116 Å². The Labute approximate surface area is 197 Å². The lowest BCUT2D eigenvalue weighted by atomic mass is 10.1. The maximum Gasteiger partial charge on any atom is 0.271 e. The van der Waals surface area contributed by atoms with Crippen LogP contribution < -0.4 is 15.0 Å². The molecule has 10 heteroatoms. The van der Waals surface area contributed by atoms with Gasteiger partial charge >= 0.3 is 0 Å². The Balaban J connectivity index is 1.79. The van der Waals surface area contributed by atoms with Crippen LogP contribution in [0, 0.1) is 13.8 Å². The summed E-state index contributed by atoms with van der Waals surface area (Å²) in [5.41, 5.74) is 2.95. The molecule has 4 rings (SSSR count). The van der Waals surface area contributed by atoms with Gasteiger partial charge in [-0.1, -0.05) is 24.2 Å². The molecule has 1 N–H and O–H groups in total. The molecule has 0 saturated carbocycles. The number of hydrogen-bond acceptors (Lipinski definition) is 7. The molecule has 0 spiro atoms. The summed E-state index contributed by atoms with van der Waals surface area (Å²) in [6.45, 7) is 5.40. The Bertz CT molecular complexity index is 1500. The van der Waals surface area contributed by atoms with E-state index in [1.165, 1.54) is 30.0 Å². The molecule has 2 heterocycles. The van der Waals surface area contributed by atoms with Crippen molar-refractivity contribution in [3.8, 4) is 22.7 Å². The van der Waals surface area contributed by atoms with Crippen molar-refractivity contribution >= 4 is 15.7 Å². The Morgan fingerprint density at radius 3 is 2.56 bits per heavy atom. The highest BCUT2D eigenvalue weighted by Gasteiger charge is 2.22. The maximum atomic E-state index is 13.3. The van der Waals surface area contributed by atoms with E-state index in [-0.39, 0.29) is 16.2 Å². The first-order valence-corrected chi connectivity index (χ1v) is 12.1. The number of anilines is 1. The molecule has 0 amide bonds. The van der Waals surface area contributed by atoms with Gasteiger partial charge in [0.1, 0.15) is 22.0 Å². The molecule has 0 fully saturated rings. The Morgan fingerprint density at radius 2 is 1.88 bits per heavy atom. The molecule has 9 nitrogen and oxygen atoms in total. The molecule has 2 aromatic carbocycles. The molecule has 34 heavy (non-hydrogen) atoms. The second kappa shape index (κ2) is 9.14. The zero-order valence-electron chi connectivity index (χ0n) is 19.2. The molecule has 0 unspecified atom stereocenters. The van der Waals surface area contributed by atoms with E-state index in [2.05, 4.69) is 15.0 Å². The first-order chi connectivity index (χ1) is 16.2. The van der Waals surface area contributed by atoms with Gasteiger partial charge in [0.15, 0.2) is 5.76 Å². The van der Waals surface area contributed by atoms with Crippen LogP contribution in [0.1, 0.15) is 23.9 Å². The zero-order valence-corrected chi connectivity index (χ0v) is 20.0. The number of rotatable bonds is 7. The summed E-state index contributed by atoms with van der Waals surface area (Å²) in [4.78, 5) is 12.4. The summed E-state index contributed by atoms with van der Waals surface area (Å²) in [5, 5.41) is 8.32. The number of sulfonamides is 1. The van der Waals surface area contributed by atoms with E-state index in [1.807, 2.05) is 13.0 Å². The molecule has 0 atom stereocenters. The van der Waals surface area contributed by atoms with E-state index in [1.54, 1.807) is 44.2 Å². The standard InChI is InChI=1S/C24H24N4O5S/c1-5-17-7-6-8-19(13-17)27-34(30,31)22-14-18(9-11-21(22)32-4)20-10-12-23(29)28(25-20)24-15(2)26-33-16(24)3/h6-14,27H,5H2,1-4H3. The van der Waals surface area contributed by atoms with Crippen LogP contribution in [0.3, 0.4) is 0 Å². The number of methoxy groups -OCH3 is 1. The lowest BCUT2D eigenvalue weighted by Crippen LogP contribution is -2.21. The largest absolute Gasteiger partial charge is 0.495 e. The highest BCUT2D eigenvalue weighted by molar-refractivity contribution is 7.92. The van der Waals surface area contributed by atoms with Gasteiger partial charge in [-0.15, -0.1) is 0 Å². The van der Waals surface area contributed by atoms with Crippen LogP contribution in [0.5, 0.6) is 5.75 Å². The zero-order chi connectivity index (χ0) is 24.5. The summed E-state index contributed by atoms with van der Waals surface area (Å²) < 4.78 is 40.8. The smallest absolute Gasteiger partial charge is 0.271 e. The van der Waals surface area contributed by atoms with Crippen molar-refractivity contribution in [1.29, 1.82) is 0 Å². The number of aryl methyl sites for hydroxylation is 3. The maximum absolute atomic E-state index is 13.3. The third-order valence-electron chi connectivity index (χ3n) is 5.34. The van der Waals surface area contributed by atoms with Crippen molar-refractivity contribution in [2.24, 2.45) is 0 Å². The number of hydrogen-bond donors (Lipinski definition) is 1. The molecule has 0 radical (unpaired) electrons. The number of nitrogens with zero attached hydrogens (tertiary/aromatic N) is 3. The van der Waals surface area contributed by atoms with Crippen LogP contribution in [0.25, 0.3) is 16.9 Å². The highest BCUT2D eigenvalue weighted by atomic mass is 32.2. The Hall–Kier alpha value is -3.92. The second-order valence-electron chi connectivity index (χ2n) is 7.67. The van der Waals surface area contributed by atoms with Crippen LogP contribution in [-0.2, 0) is 16.4 Å². The highest BCUT2D eigenvalue weighted by Crippen LogP contribution is 2.31. The van der Waals surface area contributed by atoms with E-state index < -0.39 is 10.0 Å². The van der Waals surface area contributed by atoms with Crippen LogP contribution >= 0.6 is 0 Å². The van der Waals surface area contributed by atoms with Crippen LogP contribution in [-0.4, -0.2) is 30.5 Å². The molecule has 2 aromatic heterocycles. The fourth-order valence-electron chi connectivity index (χ4n) is 3.62. The van der Waals surface area contributed by atoms with E-state index >= 15 is 0 Å². The van der Waals surface area contributed by atoms with Gasteiger partial charge in [-0.2, -0.15) is 9.78 Å². The minimum absolute atomic E-state index is 0.0497. The number of aromatic nitrogens is 3. The number of ether oxygens (including phenoxy) is 1. The first-order valence-electron chi connectivity index (χ1n) is 10.6. The van der Waals surface area contributed by atoms with Crippen LogP contribution in [0.15, 0.2) is 68.8 Å².